The number of aromatic nitrogens is 1. The Morgan fingerprint density at radius 1 is 0.970 bits per heavy atom. The molecule has 2 aromatic carbocycles. The largest absolute Gasteiger partial charge is 0.361 e. The molecule has 0 saturated heterocycles. The van der Waals surface area contributed by atoms with Gasteiger partial charge in [0.25, 0.3) is 0 Å². The summed E-state index contributed by atoms with van der Waals surface area (Å²) in [5.41, 5.74) is 3.50. The van der Waals surface area contributed by atoms with Crippen LogP contribution in [0, 0.1) is 0 Å². The zero-order chi connectivity index (χ0) is 23.3. The third-order valence-corrected chi connectivity index (χ3v) is 6.11. The molecule has 0 fully saturated rings. The quantitative estimate of drug-likeness (QED) is 0.288. The third kappa shape index (κ3) is 8.50. The fourth-order valence-corrected chi connectivity index (χ4v) is 4.19. The summed E-state index contributed by atoms with van der Waals surface area (Å²) in [5.74, 6) is 0.396. The first-order valence-electron chi connectivity index (χ1n) is 12.3. The van der Waals surface area contributed by atoms with E-state index in [2.05, 4.69) is 40.0 Å². The molecule has 3 N–H and O–H groups in total. The van der Waals surface area contributed by atoms with Crippen LogP contribution in [-0.4, -0.2) is 35.8 Å². The highest BCUT2D eigenvalue weighted by molar-refractivity contribution is 5.83. The van der Waals surface area contributed by atoms with E-state index in [-0.39, 0.29) is 11.9 Å². The Kier molecular flexibility index (Phi) is 10.2. The van der Waals surface area contributed by atoms with Crippen molar-refractivity contribution in [2.24, 2.45) is 0 Å². The van der Waals surface area contributed by atoms with Gasteiger partial charge in [-0.3, -0.25) is 9.59 Å². The summed E-state index contributed by atoms with van der Waals surface area (Å²) in [6.45, 7) is 3.53. The second-order valence-electron chi connectivity index (χ2n) is 8.73. The van der Waals surface area contributed by atoms with Gasteiger partial charge in [0.15, 0.2) is 0 Å². The summed E-state index contributed by atoms with van der Waals surface area (Å²) in [4.78, 5) is 27.5. The Morgan fingerprint density at radius 2 is 1.76 bits per heavy atom. The Balaban J connectivity index is 1.46. The predicted molar refractivity (Wildman–Crippen MR) is 135 cm³/mol. The predicted octanol–water partition coefficient (Wildman–Crippen LogP) is 4.96. The zero-order valence-electron chi connectivity index (χ0n) is 19.7. The Bertz CT molecular complexity index is 997. The van der Waals surface area contributed by atoms with E-state index in [1.165, 1.54) is 16.5 Å². The molecule has 0 spiro atoms. The molecular formula is C28H37N3O2. The van der Waals surface area contributed by atoms with E-state index in [1.54, 1.807) is 0 Å². The second-order valence-corrected chi connectivity index (χ2v) is 8.73. The Hall–Kier alpha value is -2.92. The number of unbranched alkanes of at least 4 members (excludes halogenated alkanes) is 2. The Labute approximate surface area is 197 Å². The molecule has 33 heavy (non-hydrogen) atoms. The van der Waals surface area contributed by atoms with Crippen molar-refractivity contribution >= 4 is 22.6 Å². The SMILES string of the molecule is CCC(=O)CCCCCC(CNCCc1c[nH]c2ccccc12)NC(=O)Cc1ccccc1. The highest BCUT2D eigenvalue weighted by Crippen LogP contribution is 2.17. The number of ketones is 1. The molecule has 3 aromatic rings. The molecule has 1 unspecified atom stereocenters. The monoisotopic (exact) mass is 447 g/mol. The van der Waals surface area contributed by atoms with Crippen molar-refractivity contribution in [1.82, 2.24) is 15.6 Å². The normalized spacial score (nSPS) is 12.0. The average molecular weight is 448 g/mol. The van der Waals surface area contributed by atoms with Gasteiger partial charge in [-0.1, -0.05) is 68.3 Å². The number of para-hydroxylation sites is 1. The van der Waals surface area contributed by atoms with Crippen LogP contribution in [0.3, 0.4) is 0 Å². The van der Waals surface area contributed by atoms with E-state index >= 15 is 0 Å². The smallest absolute Gasteiger partial charge is 0.224 e. The summed E-state index contributed by atoms with van der Waals surface area (Å²) in [6, 6.07) is 18.3. The first-order valence-corrected chi connectivity index (χ1v) is 12.3. The minimum Gasteiger partial charge on any atom is -0.361 e. The van der Waals surface area contributed by atoms with Gasteiger partial charge in [-0.2, -0.15) is 0 Å². The van der Waals surface area contributed by atoms with Crippen LogP contribution in [0.2, 0.25) is 0 Å². The van der Waals surface area contributed by atoms with Gasteiger partial charge in [0, 0.05) is 42.5 Å². The number of H-pyrrole nitrogens is 1. The number of hydrogen-bond acceptors (Lipinski definition) is 3. The summed E-state index contributed by atoms with van der Waals surface area (Å²) in [7, 11) is 0. The zero-order valence-corrected chi connectivity index (χ0v) is 19.7. The number of amides is 1. The molecule has 0 bridgehead atoms. The number of fused-ring (bicyclic) bond motifs is 1. The standard InChI is InChI=1S/C28H37N3O2/c1-2-25(32)14-8-4-7-13-24(31-28(33)19-22-11-5-3-6-12-22)21-29-18-17-23-20-30-27-16-10-9-15-26(23)27/h3,5-6,9-12,15-16,20,24,29-30H,2,4,7-8,13-14,17-19,21H2,1H3,(H,31,33). The van der Waals surface area contributed by atoms with Crippen LogP contribution in [0.1, 0.15) is 56.6 Å². The fourth-order valence-electron chi connectivity index (χ4n) is 4.19. The lowest BCUT2D eigenvalue weighted by atomic mass is 10.0. The second kappa shape index (κ2) is 13.6. The van der Waals surface area contributed by atoms with Crippen LogP contribution in [0.25, 0.3) is 10.9 Å². The van der Waals surface area contributed by atoms with Gasteiger partial charge in [0.05, 0.1) is 6.42 Å². The number of benzene rings is 2. The van der Waals surface area contributed by atoms with Crippen LogP contribution in [0.4, 0.5) is 0 Å². The number of nitrogens with one attached hydrogen (secondary N) is 3. The first-order chi connectivity index (χ1) is 16.2. The maximum Gasteiger partial charge on any atom is 0.224 e. The lowest BCUT2D eigenvalue weighted by Gasteiger charge is -2.20. The molecule has 0 radical (unpaired) electrons. The number of rotatable bonds is 15. The molecule has 0 aliphatic carbocycles. The lowest BCUT2D eigenvalue weighted by Crippen LogP contribution is -2.43. The first kappa shape index (κ1) is 24.7. The van der Waals surface area contributed by atoms with Crippen molar-refractivity contribution in [2.45, 2.75) is 64.3 Å². The molecule has 0 saturated carbocycles. The molecular weight excluding hydrogens is 410 g/mol. The summed E-state index contributed by atoms with van der Waals surface area (Å²) >= 11 is 0. The molecule has 5 heteroatoms. The van der Waals surface area contributed by atoms with Gasteiger partial charge in [-0.25, -0.2) is 0 Å². The molecule has 176 valence electrons. The molecule has 1 heterocycles. The van der Waals surface area contributed by atoms with Crippen LogP contribution in [-0.2, 0) is 22.4 Å². The molecule has 0 aliphatic heterocycles. The highest BCUT2D eigenvalue weighted by atomic mass is 16.1. The number of aromatic amines is 1. The van der Waals surface area contributed by atoms with Crippen LogP contribution >= 0.6 is 0 Å². The topological polar surface area (TPSA) is 74.0 Å². The lowest BCUT2D eigenvalue weighted by molar-refractivity contribution is -0.121. The van der Waals surface area contributed by atoms with Gasteiger partial charge >= 0.3 is 0 Å². The minimum atomic E-state index is 0.0609. The third-order valence-electron chi connectivity index (χ3n) is 6.11. The van der Waals surface area contributed by atoms with Crippen molar-refractivity contribution < 1.29 is 9.59 Å². The maximum atomic E-state index is 12.6. The van der Waals surface area contributed by atoms with Gasteiger partial charge in [-0.05, 0) is 43.0 Å². The minimum absolute atomic E-state index is 0.0609. The van der Waals surface area contributed by atoms with Gasteiger partial charge in [0.1, 0.15) is 5.78 Å². The van der Waals surface area contributed by atoms with E-state index in [1.807, 2.05) is 43.3 Å². The average Bonchev–Trinajstić information content (AvgIpc) is 3.24. The van der Waals surface area contributed by atoms with E-state index in [9.17, 15) is 9.59 Å². The van der Waals surface area contributed by atoms with Crippen molar-refractivity contribution in [3.05, 3.63) is 71.9 Å². The van der Waals surface area contributed by atoms with Crippen LogP contribution < -0.4 is 10.6 Å². The number of hydrogen-bond donors (Lipinski definition) is 3. The van der Waals surface area contributed by atoms with Crippen LogP contribution in [0.5, 0.6) is 0 Å². The van der Waals surface area contributed by atoms with Crippen molar-refractivity contribution in [1.29, 1.82) is 0 Å². The molecule has 1 atom stereocenters. The van der Waals surface area contributed by atoms with E-state index in [4.69, 9.17) is 0 Å². The number of carbonyl (C=O) groups is 2. The molecule has 1 amide bonds. The molecule has 5 nitrogen and oxygen atoms in total. The highest BCUT2D eigenvalue weighted by Gasteiger charge is 2.13. The van der Waals surface area contributed by atoms with Crippen molar-refractivity contribution in [2.75, 3.05) is 13.1 Å². The van der Waals surface area contributed by atoms with Crippen molar-refractivity contribution in [3.63, 3.8) is 0 Å². The fraction of sp³-hybridized carbons (Fsp3) is 0.429. The summed E-state index contributed by atoms with van der Waals surface area (Å²) < 4.78 is 0. The molecule has 0 aliphatic rings. The van der Waals surface area contributed by atoms with E-state index in [0.717, 1.165) is 50.8 Å². The summed E-state index contributed by atoms with van der Waals surface area (Å²) in [6.07, 6.45) is 8.60. The summed E-state index contributed by atoms with van der Waals surface area (Å²) in [5, 5.41) is 8.04. The Morgan fingerprint density at radius 3 is 2.58 bits per heavy atom. The van der Waals surface area contributed by atoms with Gasteiger partial charge < -0.3 is 15.6 Å². The maximum absolute atomic E-state index is 12.6. The van der Waals surface area contributed by atoms with Crippen LogP contribution in [0.15, 0.2) is 60.8 Å². The van der Waals surface area contributed by atoms with E-state index < -0.39 is 0 Å². The van der Waals surface area contributed by atoms with E-state index in [0.29, 0.717) is 25.0 Å². The number of Topliss-reactive ketones (excluding diaryl/α,β-unsaturated/α-hetero) is 1. The number of carbonyl (C=O) groups excluding carboxylic acids is 2. The van der Waals surface area contributed by atoms with Gasteiger partial charge in [-0.15, -0.1) is 0 Å². The van der Waals surface area contributed by atoms with Crippen molar-refractivity contribution in [3.8, 4) is 0 Å². The molecule has 1 aromatic heterocycles. The molecule has 3 rings (SSSR count). The van der Waals surface area contributed by atoms with Gasteiger partial charge in [0.2, 0.25) is 5.91 Å².